The summed E-state index contributed by atoms with van der Waals surface area (Å²) < 4.78 is 0. The number of carbonyl (C=O) groups excluding carboxylic acids is 5. The summed E-state index contributed by atoms with van der Waals surface area (Å²) in [6.45, 7) is 1.80. The van der Waals surface area contributed by atoms with Crippen molar-refractivity contribution in [1.29, 1.82) is 0 Å². The van der Waals surface area contributed by atoms with Gasteiger partial charge in [-0.15, -0.1) is 0 Å². The van der Waals surface area contributed by atoms with Gasteiger partial charge in [-0.25, -0.2) is 0 Å². The van der Waals surface area contributed by atoms with Crippen molar-refractivity contribution in [2.75, 3.05) is 21.2 Å². The number of hydrogen-bond donors (Lipinski definition) is 3. The van der Waals surface area contributed by atoms with Gasteiger partial charge in [0.25, 0.3) is 0 Å². The third-order valence-electron chi connectivity index (χ3n) is 8.79. The summed E-state index contributed by atoms with van der Waals surface area (Å²) in [6, 6.07) is 9.32. The second-order valence-electron chi connectivity index (χ2n) is 11.2. The Balaban J connectivity index is 1.61. The lowest BCUT2D eigenvalue weighted by Gasteiger charge is -2.52. The summed E-state index contributed by atoms with van der Waals surface area (Å²) in [5, 5.41) is 26.4. The maximum absolute atomic E-state index is 13.9. The Hall–Kier alpha value is -4.22. The van der Waals surface area contributed by atoms with Gasteiger partial charge in [0.2, 0.25) is 5.91 Å². The molecule has 0 aliphatic heterocycles. The van der Waals surface area contributed by atoms with Gasteiger partial charge in [0, 0.05) is 5.92 Å². The lowest BCUT2D eigenvalue weighted by atomic mass is 9.52. The van der Waals surface area contributed by atoms with E-state index in [2.05, 4.69) is 5.16 Å². The summed E-state index contributed by atoms with van der Waals surface area (Å²) in [7, 11) is 4.55. The number of hydrogen-bond acceptors (Lipinski definition) is 10. The van der Waals surface area contributed by atoms with Gasteiger partial charge in [-0.3, -0.25) is 28.9 Å². The molecule has 0 radical (unpaired) electrons. The van der Waals surface area contributed by atoms with E-state index >= 15 is 0 Å². The second-order valence-corrected chi connectivity index (χ2v) is 11.2. The van der Waals surface area contributed by atoms with E-state index in [1.165, 1.54) is 18.1 Å². The summed E-state index contributed by atoms with van der Waals surface area (Å²) >= 11 is 0. The Morgan fingerprint density at radius 3 is 2.32 bits per heavy atom. The van der Waals surface area contributed by atoms with Crippen molar-refractivity contribution in [3.05, 3.63) is 53.1 Å². The van der Waals surface area contributed by atoms with Crippen LogP contribution in [0.4, 0.5) is 0 Å². The maximum Gasteiger partial charge on any atom is 0.235 e. The molecule has 41 heavy (non-hydrogen) atoms. The normalized spacial score (nSPS) is 29.6. The van der Waals surface area contributed by atoms with E-state index in [1.807, 2.05) is 24.3 Å². The number of amides is 1. The van der Waals surface area contributed by atoms with E-state index in [9.17, 15) is 34.2 Å². The fourth-order valence-corrected chi connectivity index (χ4v) is 6.96. The first-order chi connectivity index (χ1) is 19.3. The number of nitrogens with zero attached hydrogens (tertiary/aromatic N) is 2. The van der Waals surface area contributed by atoms with Crippen LogP contribution in [0.3, 0.4) is 0 Å². The number of phenols is 1. The molecular formula is C30H31N3O8. The average molecular weight is 562 g/mol. The molecule has 2 unspecified atom stereocenters. The van der Waals surface area contributed by atoms with Gasteiger partial charge in [-0.05, 0) is 68.1 Å². The number of oxime groups is 1. The topological polar surface area (TPSA) is 177 Å². The van der Waals surface area contributed by atoms with Crippen molar-refractivity contribution in [3.8, 4) is 16.9 Å². The molecule has 0 bridgehead atoms. The quantitative estimate of drug-likeness (QED) is 0.272. The molecule has 2 aromatic carbocycles. The lowest BCUT2D eigenvalue weighted by Crippen LogP contribution is -2.74. The van der Waals surface area contributed by atoms with Gasteiger partial charge in [0.15, 0.2) is 34.7 Å². The molecule has 6 atom stereocenters. The minimum absolute atomic E-state index is 0.00932. The maximum atomic E-state index is 13.9. The molecule has 0 aromatic heterocycles. The zero-order chi connectivity index (χ0) is 30.0. The Morgan fingerprint density at radius 1 is 1.07 bits per heavy atom. The molecule has 0 heterocycles. The Bertz CT molecular complexity index is 1530. The number of nitrogens with two attached hydrogens (primary N) is 1. The number of Topliss-reactive ketones (excluding diaryl/α,β-unsaturated/α-hetero) is 4. The van der Waals surface area contributed by atoms with Crippen molar-refractivity contribution in [2.24, 2.45) is 34.6 Å². The molecule has 11 heteroatoms. The number of aliphatic hydroxyl groups is 1. The summed E-state index contributed by atoms with van der Waals surface area (Å²) in [5.74, 6) is -10.7. The third kappa shape index (κ3) is 4.10. The lowest BCUT2D eigenvalue weighted by molar-refractivity contribution is -0.181. The molecule has 3 aliphatic rings. The molecule has 3 aliphatic carbocycles. The minimum Gasteiger partial charge on any atom is -0.507 e. The van der Waals surface area contributed by atoms with Gasteiger partial charge in [-0.1, -0.05) is 35.5 Å². The van der Waals surface area contributed by atoms with Crippen LogP contribution in [0.2, 0.25) is 0 Å². The monoisotopic (exact) mass is 561 g/mol. The number of phenolic OH excluding ortho intramolecular Hbond substituents is 1. The molecule has 214 valence electrons. The number of benzene rings is 2. The van der Waals surface area contributed by atoms with Crippen LogP contribution in [0.25, 0.3) is 11.1 Å². The third-order valence-corrected chi connectivity index (χ3v) is 8.79. The molecular weight excluding hydrogens is 530 g/mol. The number of likely N-dealkylation sites (N-methyl/N-ethyl adjacent to an activating group) is 1. The number of aromatic hydroxyl groups is 1. The highest BCUT2D eigenvalue weighted by Gasteiger charge is 2.69. The van der Waals surface area contributed by atoms with Crippen LogP contribution >= 0.6 is 0 Å². The van der Waals surface area contributed by atoms with Crippen molar-refractivity contribution < 1.29 is 39.0 Å². The highest BCUT2D eigenvalue weighted by molar-refractivity contribution is 6.32. The Morgan fingerprint density at radius 2 is 1.73 bits per heavy atom. The second kappa shape index (κ2) is 10.0. The van der Waals surface area contributed by atoms with E-state index in [0.29, 0.717) is 16.8 Å². The molecule has 2 fully saturated rings. The van der Waals surface area contributed by atoms with E-state index in [1.54, 1.807) is 27.1 Å². The van der Waals surface area contributed by atoms with Gasteiger partial charge in [0.05, 0.1) is 23.2 Å². The molecule has 2 aromatic rings. The van der Waals surface area contributed by atoms with Gasteiger partial charge >= 0.3 is 0 Å². The van der Waals surface area contributed by atoms with Crippen molar-refractivity contribution >= 4 is 34.8 Å². The highest BCUT2D eigenvalue weighted by atomic mass is 16.6. The SMILES string of the molecule is CON=C(C)c1ccc(-c2ccc(O)c3c2C[C@H]2C[C@H]4[C@H](N(C)C)C(=O)C(C(N)=O)C(=O)[C@@]4(O)C(=O)C2C3=O)cc1. The number of primary amides is 1. The molecule has 5 rings (SSSR count). The predicted molar refractivity (Wildman–Crippen MR) is 146 cm³/mol. The first-order valence-corrected chi connectivity index (χ1v) is 13.2. The van der Waals surface area contributed by atoms with E-state index in [4.69, 9.17) is 10.6 Å². The molecule has 11 nitrogen and oxygen atoms in total. The molecule has 0 saturated heterocycles. The van der Waals surface area contributed by atoms with Crippen LogP contribution in [0.5, 0.6) is 5.75 Å². The predicted octanol–water partition coefficient (Wildman–Crippen LogP) is 0.904. The standard InChI is InChI=1S/C30H31N3O8/c1-13(32-41-4)14-5-7-15(8-6-14)17-9-10-20(34)22-18(17)11-16-12-19-24(33(2)3)26(36)23(29(31)39)28(38)30(19,40)27(37)21(16)25(22)35/h5-10,16,19,21,23-24,34,40H,11-12H2,1-4H3,(H2,31,39)/t16-,19-,21?,23?,24-,30-/m0/s1. The van der Waals surface area contributed by atoms with E-state index in [0.717, 1.165) is 11.1 Å². The van der Waals surface area contributed by atoms with Crippen molar-refractivity contribution in [3.63, 3.8) is 0 Å². The van der Waals surface area contributed by atoms with Crippen LogP contribution in [0.15, 0.2) is 41.6 Å². The fourth-order valence-electron chi connectivity index (χ4n) is 6.96. The van der Waals surface area contributed by atoms with Crippen LogP contribution in [-0.4, -0.2) is 82.7 Å². The van der Waals surface area contributed by atoms with E-state index in [-0.39, 0.29) is 24.2 Å². The zero-order valence-electron chi connectivity index (χ0n) is 23.1. The highest BCUT2D eigenvalue weighted by Crippen LogP contribution is 2.51. The van der Waals surface area contributed by atoms with Crippen LogP contribution in [0, 0.1) is 23.7 Å². The Kier molecular flexibility index (Phi) is 6.91. The number of carbonyl (C=O) groups is 5. The smallest absolute Gasteiger partial charge is 0.235 e. The van der Waals surface area contributed by atoms with Crippen LogP contribution in [-0.2, 0) is 30.4 Å². The zero-order valence-corrected chi connectivity index (χ0v) is 23.1. The number of rotatable bonds is 5. The van der Waals surface area contributed by atoms with Crippen LogP contribution in [0.1, 0.15) is 34.8 Å². The van der Waals surface area contributed by atoms with Gasteiger partial charge < -0.3 is 20.8 Å². The molecule has 1 amide bonds. The van der Waals surface area contributed by atoms with Gasteiger partial charge in [-0.2, -0.15) is 0 Å². The minimum atomic E-state index is -2.75. The van der Waals surface area contributed by atoms with E-state index < -0.39 is 64.4 Å². The largest absolute Gasteiger partial charge is 0.507 e. The van der Waals surface area contributed by atoms with Crippen molar-refractivity contribution in [2.45, 2.75) is 31.4 Å². The van der Waals surface area contributed by atoms with Crippen LogP contribution < -0.4 is 5.73 Å². The summed E-state index contributed by atoms with van der Waals surface area (Å²) in [4.78, 5) is 72.9. The first-order valence-electron chi connectivity index (χ1n) is 13.2. The summed E-state index contributed by atoms with van der Waals surface area (Å²) in [5.41, 5.74) is 6.04. The molecule has 4 N–H and O–H groups in total. The van der Waals surface area contributed by atoms with Crippen molar-refractivity contribution in [1.82, 2.24) is 4.90 Å². The fraction of sp³-hybridized carbons (Fsp3) is 0.400. The average Bonchev–Trinajstić information content (AvgIpc) is 2.91. The Labute approximate surface area is 235 Å². The molecule has 0 spiro atoms. The molecule has 2 saturated carbocycles. The van der Waals surface area contributed by atoms with Gasteiger partial charge in [0.1, 0.15) is 12.9 Å². The summed E-state index contributed by atoms with van der Waals surface area (Å²) in [6.07, 6.45) is 0.173. The number of ketones is 4. The number of fused-ring (bicyclic) bond motifs is 3. The first kappa shape index (κ1) is 28.3.